The number of nitrogens with zero attached hydrogens (tertiary/aromatic N) is 1. The molecule has 3 rings (SSSR count). The first kappa shape index (κ1) is 20.7. The van der Waals surface area contributed by atoms with E-state index in [4.69, 9.17) is 9.47 Å². The topological polar surface area (TPSA) is 102 Å². The number of barbiturate groups is 1. The van der Waals surface area contributed by atoms with Gasteiger partial charge in [-0.05, 0) is 48.6 Å². The van der Waals surface area contributed by atoms with Crippen LogP contribution >= 0.6 is 0 Å². The Bertz CT molecular complexity index is 1050. The average molecular weight is 412 g/mol. The van der Waals surface area contributed by atoms with Gasteiger partial charge in [-0.15, -0.1) is 0 Å². The van der Waals surface area contributed by atoms with E-state index < -0.39 is 35.4 Å². The summed E-state index contributed by atoms with van der Waals surface area (Å²) in [5, 5.41) is 1.98. The van der Waals surface area contributed by atoms with E-state index in [0.717, 1.165) is 18.2 Å². The number of amides is 4. The molecule has 0 aliphatic carbocycles. The van der Waals surface area contributed by atoms with Crippen LogP contribution in [0.15, 0.2) is 48.5 Å². The van der Waals surface area contributed by atoms with E-state index in [1.165, 1.54) is 32.4 Å². The number of halogens is 1. The number of carbonyl (C=O) groups excluding carboxylic acids is 4. The van der Waals surface area contributed by atoms with Crippen LogP contribution in [0.4, 0.5) is 14.9 Å². The van der Waals surface area contributed by atoms with E-state index in [9.17, 15) is 23.6 Å². The third-order valence-corrected chi connectivity index (χ3v) is 4.40. The minimum Gasteiger partial charge on any atom is -0.497 e. The van der Waals surface area contributed by atoms with Crippen LogP contribution in [0.5, 0.6) is 11.5 Å². The molecule has 154 valence electrons. The fraction of sp³-hybridized carbons (Fsp3) is 0.143. The minimum absolute atomic E-state index is 0.0324. The van der Waals surface area contributed by atoms with Crippen molar-refractivity contribution >= 4 is 35.4 Å². The van der Waals surface area contributed by atoms with Gasteiger partial charge in [0.1, 0.15) is 17.3 Å². The van der Waals surface area contributed by atoms with Crippen LogP contribution in [0.3, 0.4) is 0 Å². The predicted octanol–water partition coefficient (Wildman–Crippen LogP) is 2.32. The first-order valence-corrected chi connectivity index (χ1v) is 8.74. The highest BCUT2D eigenvalue weighted by Gasteiger charge is 2.44. The van der Waals surface area contributed by atoms with Gasteiger partial charge in [0, 0.05) is 11.6 Å². The molecule has 1 saturated heterocycles. The Morgan fingerprint density at radius 1 is 1.07 bits per heavy atom. The standard InChI is InChI=1S/C21H17FN2O6/c1-29-15-9-3-12(17(11-15)30-2)4-10-16(25)18-19(26)23-21(28)24(20(18)27)14-7-5-13(22)6-8-14/h3-11,18H,1-2H3,(H,23,26,28)/b10-4+. The van der Waals surface area contributed by atoms with Crippen molar-refractivity contribution < 1.29 is 33.0 Å². The molecular weight excluding hydrogens is 395 g/mol. The number of hydrogen-bond donors (Lipinski definition) is 1. The van der Waals surface area contributed by atoms with Crippen molar-refractivity contribution in [2.24, 2.45) is 5.92 Å². The lowest BCUT2D eigenvalue weighted by atomic mass is 9.98. The lowest BCUT2D eigenvalue weighted by Gasteiger charge is -2.28. The number of benzene rings is 2. The molecule has 0 bridgehead atoms. The van der Waals surface area contributed by atoms with Crippen LogP contribution in [-0.4, -0.2) is 37.8 Å². The zero-order chi connectivity index (χ0) is 21.8. The maximum Gasteiger partial charge on any atom is 0.335 e. The van der Waals surface area contributed by atoms with Crippen LogP contribution in [0.1, 0.15) is 5.56 Å². The molecule has 4 amide bonds. The summed E-state index contributed by atoms with van der Waals surface area (Å²) in [6.07, 6.45) is 2.45. The fourth-order valence-electron chi connectivity index (χ4n) is 2.88. The van der Waals surface area contributed by atoms with Crippen molar-refractivity contribution in [2.75, 3.05) is 19.1 Å². The molecule has 2 aromatic rings. The van der Waals surface area contributed by atoms with Crippen LogP contribution in [-0.2, 0) is 14.4 Å². The monoisotopic (exact) mass is 412 g/mol. The molecule has 1 heterocycles. The molecule has 30 heavy (non-hydrogen) atoms. The number of urea groups is 1. The second-order valence-electron chi connectivity index (χ2n) is 6.22. The van der Waals surface area contributed by atoms with Gasteiger partial charge >= 0.3 is 6.03 Å². The number of imide groups is 2. The van der Waals surface area contributed by atoms with Crippen LogP contribution in [0, 0.1) is 11.7 Å². The second-order valence-corrected chi connectivity index (χ2v) is 6.22. The molecule has 1 aliphatic heterocycles. The maximum atomic E-state index is 13.1. The summed E-state index contributed by atoms with van der Waals surface area (Å²) in [5.41, 5.74) is 0.548. The third kappa shape index (κ3) is 4.04. The Morgan fingerprint density at radius 2 is 1.77 bits per heavy atom. The zero-order valence-corrected chi connectivity index (χ0v) is 16.0. The van der Waals surface area contributed by atoms with Gasteiger partial charge in [0.25, 0.3) is 5.91 Å². The van der Waals surface area contributed by atoms with Crippen molar-refractivity contribution in [3.05, 3.63) is 59.9 Å². The van der Waals surface area contributed by atoms with E-state index >= 15 is 0 Å². The summed E-state index contributed by atoms with van der Waals surface area (Å²) in [7, 11) is 2.94. The zero-order valence-electron chi connectivity index (χ0n) is 16.0. The highest BCUT2D eigenvalue weighted by atomic mass is 19.1. The van der Waals surface area contributed by atoms with Gasteiger partial charge in [0.05, 0.1) is 19.9 Å². The summed E-state index contributed by atoms with van der Waals surface area (Å²) in [5.74, 6) is -4.23. The van der Waals surface area contributed by atoms with Crippen LogP contribution in [0.25, 0.3) is 6.08 Å². The number of ketones is 1. The lowest BCUT2D eigenvalue weighted by Crippen LogP contribution is -2.60. The van der Waals surface area contributed by atoms with Crippen molar-refractivity contribution in [3.63, 3.8) is 0 Å². The molecule has 9 heteroatoms. The highest BCUT2D eigenvalue weighted by molar-refractivity contribution is 6.36. The number of hydrogen-bond acceptors (Lipinski definition) is 6. The number of nitrogens with one attached hydrogen (secondary N) is 1. The molecule has 1 N–H and O–H groups in total. The molecule has 8 nitrogen and oxygen atoms in total. The number of anilines is 1. The number of rotatable bonds is 6. The number of carbonyl (C=O) groups is 4. The summed E-state index contributed by atoms with van der Waals surface area (Å²) in [6, 6.07) is 8.39. The largest absolute Gasteiger partial charge is 0.497 e. The molecule has 0 aromatic heterocycles. The molecule has 1 fully saturated rings. The Hall–Kier alpha value is -4.01. The van der Waals surface area contributed by atoms with Crippen molar-refractivity contribution in [3.8, 4) is 11.5 Å². The number of methoxy groups -OCH3 is 2. The molecule has 0 saturated carbocycles. The second kappa shape index (κ2) is 8.56. The van der Waals surface area contributed by atoms with Gasteiger partial charge in [-0.25, -0.2) is 14.1 Å². The first-order chi connectivity index (χ1) is 14.3. The van der Waals surface area contributed by atoms with E-state index in [0.29, 0.717) is 22.0 Å². The first-order valence-electron chi connectivity index (χ1n) is 8.74. The van der Waals surface area contributed by atoms with E-state index in [1.54, 1.807) is 18.2 Å². The average Bonchev–Trinajstić information content (AvgIpc) is 2.73. The number of allylic oxidation sites excluding steroid dienone is 1. The number of ether oxygens (including phenoxy) is 2. The third-order valence-electron chi connectivity index (χ3n) is 4.40. The van der Waals surface area contributed by atoms with E-state index in [-0.39, 0.29) is 5.69 Å². The fourth-order valence-corrected chi connectivity index (χ4v) is 2.88. The quantitative estimate of drug-likeness (QED) is 0.577. The van der Waals surface area contributed by atoms with E-state index in [1.807, 2.05) is 5.32 Å². The Kier molecular flexibility index (Phi) is 5.91. The molecule has 1 aliphatic rings. The van der Waals surface area contributed by atoms with Gasteiger partial charge in [0.15, 0.2) is 11.7 Å². The van der Waals surface area contributed by atoms with Crippen LogP contribution < -0.4 is 19.7 Å². The molecular formula is C21H17FN2O6. The summed E-state index contributed by atoms with van der Waals surface area (Å²) in [4.78, 5) is 50.3. The highest BCUT2D eigenvalue weighted by Crippen LogP contribution is 2.26. The molecule has 1 atom stereocenters. The van der Waals surface area contributed by atoms with Gasteiger partial charge in [0.2, 0.25) is 5.91 Å². The van der Waals surface area contributed by atoms with E-state index in [2.05, 4.69) is 0 Å². The summed E-state index contributed by atoms with van der Waals surface area (Å²) in [6.45, 7) is 0. The van der Waals surface area contributed by atoms with Crippen LogP contribution in [0.2, 0.25) is 0 Å². The van der Waals surface area contributed by atoms with Gasteiger partial charge < -0.3 is 9.47 Å². The normalized spacial score (nSPS) is 16.6. The predicted molar refractivity (Wildman–Crippen MR) is 105 cm³/mol. The summed E-state index contributed by atoms with van der Waals surface area (Å²) < 4.78 is 23.5. The minimum atomic E-state index is -1.76. The van der Waals surface area contributed by atoms with Crippen molar-refractivity contribution in [1.82, 2.24) is 5.32 Å². The molecule has 0 spiro atoms. The van der Waals surface area contributed by atoms with Gasteiger partial charge in [-0.2, -0.15) is 0 Å². The molecule has 2 aromatic carbocycles. The Balaban J connectivity index is 1.86. The smallest absolute Gasteiger partial charge is 0.335 e. The van der Waals surface area contributed by atoms with Crippen molar-refractivity contribution in [1.29, 1.82) is 0 Å². The summed E-state index contributed by atoms with van der Waals surface area (Å²) >= 11 is 0. The Morgan fingerprint density at radius 3 is 2.40 bits per heavy atom. The maximum absolute atomic E-state index is 13.1. The molecule has 0 radical (unpaired) electrons. The SMILES string of the molecule is COc1ccc(/C=C/C(=O)C2C(=O)NC(=O)N(c3ccc(F)cc3)C2=O)c(OC)c1. The Labute approximate surface area is 170 Å². The molecule has 1 unspecified atom stereocenters. The van der Waals surface area contributed by atoms with Gasteiger partial charge in [-0.3, -0.25) is 19.7 Å². The van der Waals surface area contributed by atoms with Crippen molar-refractivity contribution in [2.45, 2.75) is 0 Å². The van der Waals surface area contributed by atoms with Gasteiger partial charge in [-0.1, -0.05) is 0 Å². The lowest BCUT2D eigenvalue weighted by molar-refractivity contribution is -0.139.